The molecule has 0 radical (unpaired) electrons. The van der Waals surface area contributed by atoms with E-state index in [0.29, 0.717) is 18.8 Å². The average molecular weight is 221 g/mol. The van der Waals surface area contributed by atoms with Crippen molar-refractivity contribution >= 4 is 5.91 Å². The zero-order chi connectivity index (χ0) is 11.8. The number of nitrogens with zero attached hydrogens (tertiary/aromatic N) is 1. The molecule has 0 bridgehead atoms. The number of rotatable bonds is 6. The molecule has 3 N–H and O–H groups in total. The number of carbonyl (C=O) groups excluding carboxylic acids is 1. The number of aromatic nitrogens is 1. The summed E-state index contributed by atoms with van der Waals surface area (Å²) in [5.74, 6) is -0.0416. The Morgan fingerprint density at radius 1 is 1.56 bits per heavy atom. The van der Waals surface area contributed by atoms with E-state index < -0.39 is 0 Å². The van der Waals surface area contributed by atoms with E-state index in [2.05, 4.69) is 12.2 Å². The van der Waals surface area contributed by atoms with E-state index in [-0.39, 0.29) is 5.91 Å². The molecule has 1 aromatic heterocycles. The summed E-state index contributed by atoms with van der Waals surface area (Å²) in [4.78, 5) is 11.8. The maximum atomic E-state index is 11.8. The van der Waals surface area contributed by atoms with Gasteiger partial charge in [-0.15, -0.1) is 0 Å². The topological polar surface area (TPSA) is 60.0 Å². The van der Waals surface area contributed by atoms with Gasteiger partial charge in [0.1, 0.15) is 5.69 Å². The maximum absolute atomic E-state index is 11.8. The Bertz CT molecular complexity index is 355. The van der Waals surface area contributed by atoms with Crippen molar-refractivity contribution < 1.29 is 4.79 Å². The number of aryl methyl sites for hydroxylation is 1. The van der Waals surface area contributed by atoms with Crippen LogP contribution in [0.2, 0.25) is 0 Å². The Morgan fingerprint density at radius 3 is 3.06 bits per heavy atom. The minimum Gasteiger partial charge on any atom is -0.347 e. The summed E-state index contributed by atoms with van der Waals surface area (Å²) in [5.41, 5.74) is 6.01. The molecule has 88 valence electrons. The van der Waals surface area contributed by atoms with Crippen LogP contribution >= 0.6 is 0 Å². The van der Waals surface area contributed by atoms with Gasteiger partial charge in [-0.25, -0.2) is 0 Å². The van der Waals surface area contributed by atoms with Gasteiger partial charge in [0.2, 0.25) is 0 Å². The highest BCUT2D eigenvalue weighted by Gasteiger charge is 2.08. The fraction of sp³-hybridized carbons (Fsp3) is 0.417. The van der Waals surface area contributed by atoms with Gasteiger partial charge in [0, 0.05) is 25.8 Å². The zero-order valence-electron chi connectivity index (χ0n) is 9.65. The van der Waals surface area contributed by atoms with Crippen molar-refractivity contribution in [2.24, 2.45) is 5.73 Å². The molecule has 1 aromatic rings. The first-order valence-corrected chi connectivity index (χ1v) is 5.58. The van der Waals surface area contributed by atoms with Crippen molar-refractivity contribution in [3.8, 4) is 0 Å². The van der Waals surface area contributed by atoms with Gasteiger partial charge in [0.05, 0.1) is 0 Å². The summed E-state index contributed by atoms with van der Waals surface area (Å²) in [7, 11) is 0. The van der Waals surface area contributed by atoms with Crippen LogP contribution in [0.4, 0.5) is 0 Å². The van der Waals surface area contributed by atoms with E-state index in [1.165, 1.54) is 0 Å². The van der Waals surface area contributed by atoms with Crippen LogP contribution < -0.4 is 11.1 Å². The van der Waals surface area contributed by atoms with Gasteiger partial charge in [0.15, 0.2) is 0 Å². The molecule has 0 spiro atoms. The Kier molecular flexibility index (Phi) is 5.36. The van der Waals surface area contributed by atoms with Crippen LogP contribution in [0.1, 0.15) is 23.8 Å². The van der Waals surface area contributed by atoms with Crippen molar-refractivity contribution in [3.05, 3.63) is 36.2 Å². The van der Waals surface area contributed by atoms with Crippen LogP contribution in [0, 0.1) is 0 Å². The fourth-order valence-electron chi connectivity index (χ4n) is 1.48. The van der Waals surface area contributed by atoms with Gasteiger partial charge in [-0.3, -0.25) is 4.79 Å². The smallest absolute Gasteiger partial charge is 0.268 e. The monoisotopic (exact) mass is 221 g/mol. The maximum Gasteiger partial charge on any atom is 0.268 e. The predicted octanol–water partition coefficient (Wildman–Crippen LogP) is 1.14. The largest absolute Gasteiger partial charge is 0.347 e. The van der Waals surface area contributed by atoms with Gasteiger partial charge in [-0.1, -0.05) is 19.1 Å². The first kappa shape index (κ1) is 12.5. The molecule has 16 heavy (non-hydrogen) atoms. The number of hydrogen-bond acceptors (Lipinski definition) is 2. The Labute approximate surface area is 96.1 Å². The van der Waals surface area contributed by atoms with E-state index in [0.717, 1.165) is 13.0 Å². The second-order valence-corrected chi connectivity index (χ2v) is 3.50. The minimum absolute atomic E-state index is 0.0416. The summed E-state index contributed by atoms with van der Waals surface area (Å²) < 4.78 is 1.96. The Hall–Kier alpha value is -1.55. The number of carbonyl (C=O) groups is 1. The molecule has 0 fully saturated rings. The van der Waals surface area contributed by atoms with Gasteiger partial charge in [-0.05, 0) is 18.6 Å². The molecule has 0 atom stereocenters. The molecule has 4 nitrogen and oxygen atoms in total. The van der Waals surface area contributed by atoms with Crippen LogP contribution in [-0.2, 0) is 6.54 Å². The summed E-state index contributed by atoms with van der Waals surface area (Å²) in [5, 5.41) is 2.82. The summed E-state index contributed by atoms with van der Waals surface area (Å²) in [6.45, 7) is 3.98. The van der Waals surface area contributed by atoms with E-state index in [4.69, 9.17) is 5.73 Å². The highest BCUT2D eigenvalue weighted by Crippen LogP contribution is 2.03. The number of amides is 1. The molecule has 0 aliphatic rings. The summed E-state index contributed by atoms with van der Waals surface area (Å²) in [6.07, 6.45) is 6.62. The molecular formula is C12H19N3O. The van der Waals surface area contributed by atoms with Gasteiger partial charge < -0.3 is 15.6 Å². The lowest BCUT2D eigenvalue weighted by atomic mass is 10.3. The van der Waals surface area contributed by atoms with Crippen LogP contribution in [0.3, 0.4) is 0 Å². The number of nitrogens with one attached hydrogen (secondary N) is 1. The molecule has 0 aromatic carbocycles. The van der Waals surface area contributed by atoms with Crippen LogP contribution in [0.5, 0.6) is 0 Å². The van der Waals surface area contributed by atoms with Crippen molar-refractivity contribution in [2.45, 2.75) is 19.9 Å². The standard InChI is InChI=1S/C12H19N3O/c1-2-9-15-10-5-6-11(15)12(16)14-8-4-3-7-13/h3-6,10H,2,7-9,13H2,1H3,(H,14,16)/b4-3+. The molecule has 0 saturated carbocycles. The third kappa shape index (κ3) is 3.55. The van der Waals surface area contributed by atoms with Crippen molar-refractivity contribution in [1.82, 2.24) is 9.88 Å². The number of nitrogens with two attached hydrogens (primary N) is 1. The molecule has 1 amide bonds. The molecule has 0 saturated heterocycles. The predicted molar refractivity (Wildman–Crippen MR) is 65.3 cm³/mol. The van der Waals surface area contributed by atoms with E-state index >= 15 is 0 Å². The first-order valence-electron chi connectivity index (χ1n) is 5.58. The minimum atomic E-state index is -0.0416. The molecule has 0 aliphatic carbocycles. The zero-order valence-corrected chi connectivity index (χ0v) is 9.65. The molecule has 0 aliphatic heterocycles. The van der Waals surface area contributed by atoms with Gasteiger partial charge >= 0.3 is 0 Å². The molecular weight excluding hydrogens is 202 g/mol. The molecule has 4 heteroatoms. The Morgan fingerprint density at radius 2 is 2.38 bits per heavy atom. The van der Waals surface area contributed by atoms with Crippen LogP contribution in [0.25, 0.3) is 0 Å². The lowest BCUT2D eigenvalue weighted by Crippen LogP contribution is -2.26. The number of hydrogen-bond donors (Lipinski definition) is 2. The van der Waals surface area contributed by atoms with Crippen molar-refractivity contribution in [2.75, 3.05) is 13.1 Å². The average Bonchev–Trinajstić information content (AvgIpc) is 2.73. The van der Waals surface area contributed by atoms with Crippen molar-refractivity contribution in [3.63, 3.8) is 0 Å². The lowest BCUT2D eigenvalue weighted by molar-refractivity contribution is 0.0948. The SMILES string of the molecule is CCCn1cccc1C(=O)NC/C=C/CN. The summed E-state index contributed by atoms with van der Waals surface area (Å²) >= 11 is 0. The third-order valence-corrected chi connectivity index (χ3v) is 2.21. The first-order chi connectivity index (χ1) is 7.79. The lowest BCUT2D eigenvalue weighted by Gasteiger charge is -2.07. The van der Waals surface area contributed by atoms with Gasteiger partial charge in [-0.2, -0.15) is 0 Å². The van der Waals surface area contributed by atoms with Crippen molar-refractivity contribution in [1.29, 1.82) is 0 Å². The van der Waals surface area contributed by atoms with E-state index in [9.17, 15) is 4.79 Å². The summed E-state index contributed by atoms with van der Waals surface area (Å²) in [6, 6.07) is 3.72. The Balaban J connectivity index is 2.52. The third-order valence-electron chi connectivity index (χ3n) is 2.21. The quantitative estimate of drug-likeness (QED) is 0.708. The fourth-order valence-corrected chi connectivity index (χ4v) is 1.48. The molecule has 1 heterocycles. The van der Waals surface area contributed by atoms with Gasteiger partial charge in [0.25, 0.3) is 5.91 Å². The normalized spacial score (nSPS) is 10.9. The highest BCUT2D eigenvalue weighted by molar-refractivity contribution is 5.92. The molecule has 0 unspecified atom stereocenters. The van der Waals surface area contributed by atoms with E-state index in [1.807, 2.05) is 35.0 Å². The van der Waals surface area contributed by atoms with Crippen LogP contribution in [0.15, 0.2) is 30.5 Å². The molecule has 1 rings (SSSR count). The second-order valence-electron chi connectivity index (χ2n) is 3.50. The highest BCUT2D eigenvalue weighted by atomic mass is 16.1. The van der Waals surface area contributed by atoms with Crippen LogP contribution in [-0.4, -0.2) is 23.6 Å². The second kappa shape index (κ2) is 6.85. The van der Waals surface area contributed by atoms with E-state index in [1.54, 1.807) is 0 Å².